The van der Waals surface area contributed by atoms with Crippen molar-refractivity contribution in [3.8, 4) is 0 Å². The number of alkyl halides is 3. The molecule has 0 aromatic rings. The van der Waals surface area contributed by atoms with E-state index >= 15 is 0 Å². The Balaban J connectivity index is 4.08. The first-order valence-electron chi connectivity index (χ1n) is 2.22. The maximum atomic E-state index is 11.3. The van der Waals surface area contributed by atoms with Crippen LogP contribution < -0.4 is 0 Å². The van der Waals surface area contributed by atoms with Crippen molar-refractivity contribution >= 4 is 5.97 Å². The molecule has 0 heterocycles. The van der Waals surface area contributed by atoms with Gasteiger partial charge in [-0.15, -0.1) is 0 Å². The topological polar surface area (TPSA) is 46.5 Å². The Kier molecular flexibility index (Phi) is 2.65. The van der Waals surface area contributed by atoms with Crippen LogP contribution in [0.4, 0.5) is 13.2 Å². The molecule has 10 heavy (non-hydrogen) atoms. The number of esters is 1. The number of halogens is 3. The van der Waals surface area contributed by atoms with Crippen LogP contribution in [0.1, 0.15) is 0 Å². The number of aliphatic hydroxyl groups excluding tert-OH is 1. The van der Waals surface area contributed by atoms with Crippen LogP contribution in [0.5, 0.6) is 0 Å². The molecule has 0 radical (unpaired) electrons. The summed E-state index contributed by atoms with van der Waals surface area (Å²) in [4.78, 5) is 9.97. The van der Waals surface area contributed by atoms with E-state index in [0.29, 0.717) is 0 Å². The first kappa shape index (κ1) is 9.22. The van der Waals surface area contributed by atoms with E-state index in [2.05, 4.69) is 4.74 Å². The Hall–Kier alpha value is -0.780. The predicted octanol–water partition coefficient (Wildman–Crippen LogP) is 0.0826. The highest BCUT2D eigenvalue weighted by molar-refractivity contribution is 5.75. The number of aliphatic hydroxyl groups is 1. The molecule has 60 valence electrons. The molecule has 6 heteroatoms. The number of methoxy groups -OCH3 is 1. The fraction of sp³-hybridized carbons (Fsp3) is 0.750. The minimum absolute atomic E-state index is 0.761. The lowest BCUT2D eigenvalue weighted by Gasteiger charge is -2.10. The highest BCUT2D eigenvalue weighted by Crippen LogP contribution is 2.20. The van der Waals surface area contributed by atoms with Crippen molar-refractivity contribution in [2.24, 2.45) is 0 Å². The second kappa shape index (κ2) is 2.87. The van der Waals surface area contributed by atoms with Crippen LogP contribution >= 0.6 is 0 Å². The maximum Gasteiger partial charge on any atom is 0.425 e. The lowest BCUT2D eigenvalue weighted by Crippen LogP contribution is -2.37. The second-order valence-corrected chi connectivity index (χ2v) is 1.47. The first-order chi connectivity index (χ1) is 4.39. The third kappa shape index (κ3) is 2.22. The summed E-state index contributed by atoms with van der Waals surface area (Å²) in [6, 6.07) is 0. The van der Waals surface area contributed by atoms with Crippen molar-refractivity contribution < 1.29 is 27.8 Å². The van der Waals surface area contributed by atoms with Gasteiger partial charge in [0.2, 0.25) is 6.10 Å². The second-order valence-electron chi connectivity index (χ2n) is 1.47. The fourth-order valence-corrected chi connectivity index (χ4v) is 0.245. The van der Waals surface area contributed by atoms with E-state index in [1.165, 1.54) is 0 Å². The minimum Gasteiger partial charge on any atom is -0.467 e. The summed E-state index contributed by atoms with van der Waals surface area (Å²) >= 11 is 0. The van der Waals surface area contributed by atoms with Gasteiger partial charge in [-0.3, -0.25) is 0 Å². The van der Waals surface area contributed by atoms with E-state index in [1.807, 2.05) is 0 Å². The molecule has 0 aliphatic rings. The molecule has 0 aromatic heterocycles. The van der Waals surface area contributed by atoms with Crippen molar-refractivity contribution in [2.45, 2.75) is 12.3 Å². The zero-order valence-electron chi connectivity index (χ0n) is 4.97. The number of rotatable bonds is 1. The normalized spacial score (nSPS) is 14.5. The molecule has 1 atom stereocenters. The standard InChI is InChI=1S/C4H5F3O3/c1-10-3(9)2(8)4(5,6)7/h2,8H,1H3. The van der Waals surface area contributed by atoms with Crippen LogP contribution in [0.15, 0.2) is 0 Å². The lowest BCUT2D eigenvalue weighted by molar-refractivity contribution is -0.216. The number of carbonyl (C=O) groups excluding carboxylic acids is 1. The summed E-state index contributed by atoms with van der Waals surface area (Å²) in [5.41, 5.74) is 0. The molecule has 1 unspecified atom stereocenters. The molecule has 0 saturated heterocycles. The van der Waals surface area contributed by atoms with Gasteiger partial charge in [0.1, 0.15) is 0 Å². The van der Waals surface area contributed by atoms with Gasteiger partial charge in [0, 0.05) is 0 Å². The predicted molar refractivity (Wildman–Crippen MR) is 24.1 cm³/mol. The Labute approximate surface area is 54.4 Å². The van der Waals surface area contributed by atoms with E-state index in [9.17, 15) is 18.0 Å². The van der Waals surface area contributed by atoms with E-state index < -0.39 is 18.2 Å². The van der Waals surface area contributed by atoms with Gasteiger partial charge in [0.05, 0.1) is 7.11 Å². The molecular formula is C4H5F3O3. The summed E-state index contributed by atoms with van der Waals surface area (Å²) in [7, 11) is 0.761. The number of ether oxygens (including phenoxy) is 1. The zero-order valence-corrected chi connectivity index (χ0v) is 4.97. The van der Waals surface area contributed by atoms with Crippen LogP contribution in [0.2, 0.25) is 0 Å². The van der Waals surface area contributed by atoms with Crippen LogP contribution in [-0.4, -0.2) is 30.5 Å². The van der Waals surface area contributed by atoms with Crippen molar-refractivity contribution in [2.75, 3.05) is 7.11 Å². The van der Waals surface area contributed by atoms with Crippen molar-refractivity contribution in [3.05, 3.63) is 0 Å². The van der Waals surface area contributed by atoms with Crippen molar-refractivity contribution in [1.29, 1.82) is 0 Å². The monoisotopic (exact) mass is 158 g/mol. The van der Waals surface area contributed by atoms with Gasteiger partial charge in [-0.25, -0.2) is 4.79 Å². The third-order valence-electron chi connectivity index (χ3n) is 0.734. The van der Waals surface area contributed by atoms with Gasteiger partial charge in [0.15, 0.2) is 0 Å². The maximum absolute atomic E-state index is 11.3. The Bertz CT molecular complexity index is 130. The Morgan fingerprint density at radius 1 is 1.60 bits per heavy atom. The molecule has 0 rings (SSSR count). The number of carbonyl (C=O) groups is 1. The van der Waals surface area contributed by atoms with Gasteiger partial charge in [0.25, 0.3) is 0 Å². The zero-order chi connectivity index (χ0) is 8.36. The minimum atomic E-state index is -4.94. The molecule has 0 aromatic carbocycles. The van der Waals surface area contributed by atoms with Crippen molar-refractivity contribution in [3.63, 3.8) is 0 Å². The Morgan fingerprint density at radius 3 is 2.10 bits per heavy atom. The van der Waals surface area contributed by atoms with Crippen LogP contribution in [0.3, 0.4) is 0 Å². The Morgan fingerprint density at radius 2 is 2.00 bits per heavy atom. The fourth-order valence-electron chi connectivity index (χ4n) is 0.245. The van der Waals surface area contributed by atoms with E-state index in [4.69, 9.17) is 5.11 Å². The summed E-state index contributed by atoms with van der Waals surface area (Å²) in [6.45, 7) is 0. The van der Waals surface area contributed by atoms with E-state index in [0.717, 1.165) is 7.11 Å². The molecule has 0 amide bonds. The van der Waals surface area contributed by atoms with E-state index in [1.54, 1.807) is 0 Å². The molecular weight excluding hydrogens is 153 g/mol. The molecule has 1 N–H and O–H groups in total. The van der Waals surface area contributed by atoms with Gasteiger partial charge in [-0.1, -0.05) is 0 Å². The van der Waals surface area contributed by atoms with Gasteiger partial charge < -0.3 is 9.84 Å². The SMILES string of the molecule is COC(=O)C(O)C(F)(F)F. The first-order valence-corrected chi connectivity index (χ1v) is 2.22. The molecule has 0 aliphatic heterocycles. The largest absolute Gasteiger partial charge is 0.467 e. The highest BCUT2D eigenvalue weighted by Gasteiger charge is 2.44. The average Bonchev–Trinajstić information content (AvgIpc) is 1.83. The van der Waals surface area contributed by atoms with Crippen LogP contribution in [-0.2, 0) is 9.53 Å². The summed E-state index contributed by atoms with van der Waals surface area (Å²) in [5.74, 6) is -1.70. The lowest BCUT2D eigenvalue weighted by atomic mass is 10.3. The van der Waals surface area contributed by atoms with Gasteiger partial charge >= 0.3 is 12.1 Å². The van der Waals surface area contributed by atoms with Crippen molar-refractivity contribution in [1.82, 2.24) is 0 Å². The molecule has 0 fully saturated rings. The molecule has 0 bridgehead atoms. The molecule has 0 saturated carbocycles. The van der Waals surface area contributed by atoms with Crippen LogP contribution in [0, 0.1) is 0 Å². The number of hydrogen-bond donors (Lipinski definition) is 1. The highest BCUT2D eigenvalue weighted by atomic mass is 19.4. The third-order valence-corrected chi connectivity index (χ3v) is 0.734. The average molecular weight is 158 g/mol. The molecule has 3 nitrogen and oxygen atoms in total. The van der Waals surface area contributed by atoms with Crippen LogP contribution in [0.25, 0.3) is 0 Å². The van der Waals surface area contributed by atoms with E-state index in [-0.39, 0.29) is 0 Å². The van der Waals surface area contributed by atoms with Gasteiger partial charge in [-0.05, 0) is 0 Å². The molecule has 0 spiro atoms. The number of hydrogen-bond acceptors (Lipinski definition) is 3. The summed E-state index contributed by atoms with van der Waals surface area (Å²) < 4.78 is 37.6. The quantitative estimate of drug-likeness (QED) is 0.550. The smallest absolute Gasteiger partial charge is 0.425 e. The molecule has 0 aliphatic carbocycles. The summed E-state index contributed by atoms with van der Waals surface area (Å²) in [5, 5.41) is 8.05. The summed E-state index contributed by atoms with van der Waals surface area (Å²) in [6.07, 6.45) is -7.97. The van der Waals surface area contributed by atoms with Gasteiger partial charge in [-0.2, -0.15) is 13.2 Å².